The fourth-order valence-corrected chi connectivity index (χ4v) is 2.78. The number of imidazole rings is 1. The number of aromatic nitrogens is 2. The Morgan fingerprint density at radius 3 is 2.29 bits per heavy atom. The zero-order chi connectivity index (χ0) is 15.8. The average molecular weight is 326 g/mol. The number of aryl methyl sites for hydroxylation is 2. The number of rotatable bonds is 1. The minimum atomic E-state index is 0.411. The molecule has 2 aromatic rings. The Morgan fingerprint density at radius 1 is 1.29 bits per heavy atom. The van der Waals surface area contributed by atoms with Gasteiger partial charge < -0.3 is 10.7 Å². The van der Waals surface area contributed by atoms with Crippen LogP contribution < -0.4 is 5.73 Å². The van der Waals surface area contributed by atoms with Crippen LogP contribution in [0.1, 0.15) is 43.1 Å². The molecule has 5 heteroatoms. The van der Waals surface area contributed by atoms with Crippen LogP contribution in [-0.4, -0.2) is 9.97 Å². The van der Waals surface area contributed by atoms with Crippen molar-refractivity contribution in [2.75, 3.05) is 5.73 Å². The van der Waals surface area contributed by atoms with Crippen molar-refractivity contribution < 1.29 is 0 Å². The molecule has 0 bridgehead atoms. The molecule has 1 aromatic carbocycles. The summed E-state index contributed by atoms with van der Waals surface area (Å²) in [5.74, 6) is 1.10. The van der Waals surface area contributed by atoms with E-state index in [1.54, 1.807) is 0 Å². The van der Waals surface area contributed by atoms with Crippen molar-refractivity contribution in [1.29, 1.82) is 0 Å². The third-order valence-electron chi connectivity index (χ3n) is 3.99. The molecule has 1 fully saturated rings. The maximum Gasteiger partial charge on any atom is 0.197 e. The molecule has 1 saturated carbocycles. The number of hydrogen-bond acceptors (Lipinski definition) is 2. The summed E-state index contributed by atoms with van der Waals surface area (Å²) in [6.07, 6.45) is 1.22. The number of nitrogens with two attached hydrogens (primary N) is 1. The number of nitrogens with zero attached hydrogens (tertiary/aromatic N) is 1. The number of nitrogen functional groups attached to an aromatic ring is 1. The van der Waals surface area contributed by atoms with Crippen molar-refractivity contribution in [3.8, 4) is 0 Å². The third kappa shape index (κ3) is 3.92. The standard InChI is InChI=1S/C11H12Cl2.C5H9N3/c1-11(2)6-9(11)8-5-7(12)3-4-10(8)13;1-3-4(2)8-5(6)7-3/h3-5,9H,6H2,1-2H3;1-2H3,(H3,6,7,8)/t9-;/m0./s1. The van der Waals surface area contributed by atoms with E-state index in [1.165, 1.54) is 12.0 Å². The number of benzene rings is 1. The van der Waals surface area contributed by atoms with Crippen molar-refractivity contribution in [2.45, 2.75) is 40.0 Å². The summed E-state index contributed by atoms with van der Waals surface area (Å²) in [4.78, 5) is 6.81. The molecule has 3 N–H and O–H groups in total. The van der Waals surface area contributed by atoms with E-state index >= 15 is 0 Å². The molecule has 21 heavy (non-hydrogen) atoms. The van der Waals surface area contributed by atoms with Gasteiger partial charge in [-0.05, 0) is 55.4 Å². The number of H-pyrrole nitrogens is 1. The molecule has 3 nitrogen and oxygen atoms in total. The number of aromatic amines is 1. The Balaban J connectivity index is 0.000000173. The van der Waals surface area contributed by atoms with Gasteiger partial charge in [-0.25, -0.2) is 4.98 Å². The van der Waals surface area contributed by atoms with E-state index in [0.717, 1.165) is 21.4 Å². The lowest BCUT2D eigenvalue weighted by molar-refractivity contribution is 0.622. The van der Waals surface area contributed by atoms with Crippen LogP contribution in [0.5, 0.6) is 0 Å². The Morgan fingerprint density at radius 2 is 1.90 bits per heavy atom. The molecule has 3 rings (SSSR count). The summed E-state index contributed by atoms with van der Waals surface area (Å²) in [7, 11) is 0. The van der Waals surface area contributed by atoms with Gasteiger partial charge in [0.2, 0.25) is 0 Å². The van der Waals surface area contributed by atoms with Gasteiger partial charge in [0.15, 0.2) is 5.95 Å². The molecule has 1 atom stereocenters. The second-order valence-corrected chi connectivity index (χ2v) is 7.09. The van der Waals surface area contributed by atoms with Crippen LogP contribution >= 0.6 is 23.2 Å². The number of halogens is 2. The number of anilines is 1. The topological polar surface area (TPSA) is 54.7 Å². The molecule has 1 aromatic heterocycles. The molecular weight excluding hydrogens is 305 g/mol. The summed E-state index contributed by atoms with van der Waals surface area (Å²) >= 11 is 12.0. The molecule has 114 valence electrons. The average Bonchev–Trinajstić information content (AvgIpc) is 2.91. The van der Waals surface area contributed by atoms with Crippen LogP contribution in [0.2, 0.25) is 10.0 Å². The number of nitrogens with one attached hydrogen (secondary N) is 1. The fourth-order valence-electron chi connectivity index (χ4n) is 2.35. The molecule has 0 radical (unpaired) electrons. The van der Waals surface area contributed by atoms with Gasteiger partial charge in [0.25, 0.3) is 0 Å². The van der Waals surface area contributed by atoms with Crippen LogP contribution in [-0.2, 0) is 0 Å². The number of hydrogen-bond donors (Lipinski definition) is 2. The fraction of sp³-hybridized carbons (Fsp3) is 0.438. The van der Waals surface area contributed by atoms with Gasteiger partial charge in [-0.15, -0.1) is 0 Å². The minimum Gasteiger partial charge on any atom is -0.369 e. The highest BCUT2D eigenvalue weighted by Gasteiger charge is 2.47. The minimum absolute atomic E-state index is 0.411. The molecule has 1 aliphatic rings. The van der Waals surface area contributed by atoms with Gasteiger partial charge in [0.1, 0.15) is 0 Å². The van der Waals surface area contributed by atoms with E-state index in [1.807, 2.05) is 32.0 Å². The van der Waals surface area contributed by atoms with Gasteiger partial charge in [-0.2, -0.15) is 0 Å². The first-order chi connectivity index (χ1) is 9.70. The van der Waals surface area contributed by atoms with Crippen molar-refractivity contribution in [3.05, 3.63) is 45.2 Å². The normalized spacial score (nSPS) is 18.9. The molecule has 1 aliphatic carbocycles. The summed E-state index contributed by atoms with van der Waals surface area (Å²) in [6, 6.07) is 5.71. The molecule has 0 unspecified atom stereocenters. The van der Waals surface area contributed by atoms with Crippen molar-refractivity contribution in [1.82, 2.24) is 9.97 Å². The van der Waals surface area contributed by atoms with E-state index in [4.69, 9.17) is 28.9 Å². The first kappa shape index (κ1) is 16.2. The molecule has 0 spiro atoms. The van der Waals surface area contributed by atoms with Crippen molar-refractivity contribution in [3.63, 3.8) is 0 Å². The zero-order valence-corrected chi connectivity index (χ0v) is 14.3. The van der Waals surface area contributed by atoms with Crippen LogP contribution in [0.15, 0.2) is 18.2 Å². The van der Waals surface area contributed by atoms with E-state index in [2.05, 4.69) is 23.8 Å². The molecular formula is C16H21Cl2N3. The van der Waals surface area contributed by atoms with E-state index in [9.17, 15) is 0 Å². The highest BCUT2D eigenvalue weighted by molar-refractivity contribution is 6.33. The van der Waals surface area contributed by atoms with Crippen LogP contribution in [0, 0.1) is 19.3 Å². The monoisotopic (exact) mass is 325 g/mol. The summed E-state index contributed by atoms with van der Waals surface area (Å²) in [5.41, 5.74) is 8.95. The predicted octanol–water partition coefficient (Wildman–Crippen LogP) is 5.12. The largest absolute Gasteiger partial charge is 0.369 e. The lowest BCUT2D eigenvalue weighted by Crippen LogP contribution is -1.90. The predicted molar refractivity (Wildman–Crippen MR) is 90.1 cm³/mol. The Bertz CT molecular complexity index is 627. The van der Waals surface area contributed by atoms with Gasteiger partial charge in [-0.1, -0.05) is 37.0 Å². The maximum atomic E-state index is 6.10. The molecule has 0 amide bonds. The molecule has 1 heterocycles. The first-order valence-corrected chi connectivity index (χ1v) is 7.70. The van der Waals surface area contributed by atoms with Crippen molar-refractivity contribution in [2.24, 2.45) is 5.41 Å². The van der Waals surface area contributed by atoms with E-state index in [0.29, 0.717) is 17.3 Å². The Kier molecular flexibility index (Phi) is 4.54. The second kappa shape index (κ2) is 5.90. The molecule has 0 aliphatic heterocycles. The summed E-state index contributed by atoms with van der Waals surface area (Å²) in [5, 5.41) is 1.63. The Labute approximate surface area is 135 Å². The van der Waals surface area contributed by atoms with Crippen LogP contribution in [0.3, 0.4) is 0 Å². The zero-order valence-electron chi connectivity index (χ0n) is 12.8. The van der Waals surface area contributed by atoms with E-state index in [-0.39, 0.29) is 0 Å². The van der Waals surface area contributed by atoms with Crippen LogP contribution in [0.25, 0.3) is 0 Å². The summed E-state index contributed by atoms with van der Waals surface area (Å²) < 4.78 is 0. The highest BCUT2D eigenvalue weighted by atomic mass is 35.5. The van der Waals surface area contributed by atoms with Gasteiger partial charge in [0, 0.05) is 15.7 Å². The highest BCUT2D eigenvalue weighted by Crippen LogP contribution is 2.59. The SMILES string of the molecule is CC1(C)C[C@H]1c1cc(Cl)ccc1Cl.Cc1nc(N)[nH]c1C. The van der Waals surface area contributed by atoms with Crippen LogP contribution in [0.4, 0.5) is 5.95 Å². The first-order valence-electron chi connectivity index (χ1n) is 6.94. The second-order valence-electron chi connectivity index (χ2n) is 6.24. The molecule has 0 saturated heterocycles. The smallest absolute Gasteiger partial charge is 0.197 e. The van der Waals surface area contributed by atoms with Gasteiger partial charge in [0.05, 0.1) is 5.69 Å². The van der Waals surface area contributed by atoms with Gasteiger partial charge in [-0.3, -0.25) is 0 Å². The Hall–Kier alpha value is -1.19. The third-order valence-corrected chi connectivity index (χ3v) is 4.57. The lowest BCUT2D eigenvalue weighted by Gasteiger charge is -2.06. The summed E-state index contributed by atoms with van der Waals surface area (Å²) in [6.45, 7) is 8.38. The van der Waals surface area contributed by atoms with E-state index < -0.39 is 0 Å². The quantitative estimate of drug-likeness (QED) is 0.764. The van der Waals surface area contributed by atoms with Gasteiger partial charge >= 0.3 is 0 Å². The maximum absolute atomic E-state index is 6.10. The van der Waals surface area contributed by atoms with Crippen molar-refractivity contribution >= 4 is 29.2 Å². The lowest BCUT2D eigenvalue weighted by atomic mass is 10.0.